The zero-order valence-electron chi connectivity index (χ0n) is 16.9. The molecule has 0 saturated carbocycles. The smallest absolute Gasteiger partial charge is 0.232 e. The van der Waals surface area contributed by atoms with E-state index in [9.17, 15) is 4.79 Å². The summed E-state index contributed by atoms with van der Waals surface area (Å²) in [5.74, 6) is 1.34. The van der Waals surface area contributed by atoms with Crippen molar-refractivity contribution in [2.75, 3.05) is 43.8 Å². The highest BCUT2D eigenvalue weighted by atomic mass is 16.5. The Labute approximate surface area is 170 Å². The van der Waals surface area contributed by atoms with Crippen LogP contribution in [0.3, 0.4) is 0 Å². The third-order valence-corrected chi connectivity index (χ3v) is 5.43. The fourth-order valence-corrected chi connectivity index (χ4v) is 4.04. The number of nitrogens with zero attached hydrogens (tertiary/aromatic N) is 5. The molecule has 1 atom stereocenters. The van der Waals surface area contributed by atoms with Gasteiger partial charge in [0.1, 0.15) is 5.82 Å². The third-order valence-electron chi connectivity index (χ3n) is 5.43. The molecule has 2 saturated heterocycles. The Kier molecular flexibility index (Phi) is 5.33. The van der Waals surface area contributed by atoms with Crippen molar-refractivity contribution in [3.8, 4) is 0 Å². The molecule has 0 radical (unpaired) electrons. The molecule has 1 aromatic carbocycles. The van der Waals surface area contributed by atoms with Crippen LogP contribution in [0.2, 0.25) is 0 Å². The van der Waals surface area contributed by atoms with Crippen LogP contribution < -0.4 is 11.1 Å². The monoisotopic (exact) mass is 397 g/mol. The first-order chi connectivity index (χ1) is 13.9. The number of carbonyl (C=O) groups excluding carboxylic acids is 1. The molecule has 4 rings (SSSR count). The maximum atomic E-state index is 11.8. The highest BCUT2D eigenvalue weighted by Gasteiger charge is 2.43. The normalized spacial score (nSPS) is 22.2. The van der Waals surface area contributed by atoms with Crippen LogP contribution in [0.25, 0.3) is 0 Å². The van der Waals surface area contributed by atoms with Gasteiger partial charge in [0.25, 0.3) is 0 Å². The van der Waals surface area contributed by atoms with E-state index in [-0.39, 0.29) is 17.5 Å². The number of ether oxygens (including phenoxy) is 1. The number of carbonyl (C=O) groups is 1. The Balaban J connectivity index is 1.43. The van der Waals surface area contributed by atoms with Gasteiger partial charge >= 0.3 is 0 Å². The lowest BCUT2D eigenvalue weighted by molar-refractivity contribution is -0.146. The number of nitrogens with two attached hydrogens (primary N) is 1. The summed E-state index contributed by atoms with van der Waals surface area (Å²) in [6.45, 7) is 7.68. The predicted octanol–water partition coefficient (Wildman–Crippen LogP) is 1.33. The molecule has 2 aliphatic rings. The molecule has 1 unspecified atom stereocenters. The summed E-state index contributed by atoms with van der Waals surface area (Å²) in [4.78, 5) is 28.9. The molecule has 154 valence electrons. The third kappa shape index (κ3) is 4.63. The number of rotatable bonds is 4. The molecule has 1 amide bonds. The molecule has 3 N–H and O–H groups in total. The maximum absolute atomic E-state index is 11.8. The van der Waals surface area contributed by atoms with Gasteiger partial charge in [0, 0.05) is 32.2 Å². The summed E-state index contributed by atoms with van der Waals surface area (Å²) in [7, 11) is 0. The van der Waals surface area contributed by atoms with Crippen LogP contribution in [0.4, 0.5) is 17.6 Å². The Bertz CT molecular complexity index is 906. The Morgan fingerprint density at radius 2 is 2.14 bits per heavy atom. The molecule has 29 heavy (non-hydrogen) atoms. The number of aryl methyl sites for hydroxylation is 1. The number of nitrogen functional groups attached to an aromatic ring is 1. The van der Waals surface area contributed by atoms with Gasteiger partial charge < -0.3 is 20.7 Å². The van der Waals surface area contributed by atoms with Gasteiger partial charge in [-0.3, -0.25) is 9.69 Å². The zero-order valence-corrected chi connectivity index (χ0v) is 16.9. The summed E-state index contributed by atoms with van der Waals surface area (Å²) in [5, 5.41) is 3.20. The number of likely N-dealkylation sites (tertiary alicyclic amines) is 1. The van der Waals surface area contributed by atoms with Crippen LogP contribution in [-0.2, 0) is 16.1 Å². The van der Waals surface area contributed by atoms with Crippen molar-refractivity contribution in [3.05, 3.63) is 35.7 Å². The van der Waals surface area contributed by atoms with Crippen molar-refractivity contribution < 1.29 is 9.53 Å². The number of hydrogen-bond acceptors (Lipinski definition) is 8. The second kappa shape index (κ2) is 7.92. The zero-order chi connectivity index (χ0) is 20.4. The second-order valence-electron chi connectivity index (χ2n) is 7.86. The molecule has 9 nitrogen and oxygen atoms in total. The Hall–Kier alpha value is -2.78. The molecule has 3 heterocycles. The number of aromatic nitrogens is 3. The molecule has 1 spiro atoms. The molecule has 1 aromatic heterocycles. The Morgan fingerprint density at radius 3 is 2.93 bits per heavy atom. The average molecular weight is 397 g/mol. The highest BCUT2D eigenvalue weighted by Crippen LogP contribution is 2.30. The topological polar surface area (TPSA) is 110 Å². The van der Waals surface area contributed by atoms with Gasteiger partial charge in [0.05, 0.1) is 25.3 Å². The summed E-state index contributed by atoms with van der Waals surface area (Å²) >= 11 is 0. The quantitative estimate of drug-likeness (QED) is 0.795. The first-order valence-electron chi connectivity index (χ1n) is 9.87. The van der Waals surface area contributed by atoms with E-state index < -0.39 is 0 Å². The first-order valence-corrected chi connectivity index (χ1v) is 9.87. The molecular formula is C20H27N7O2. The highest BCUT2D eigenvalue weighted by molar-refractivity contribution is 5.73. The van der Waals surface area contributed by atoms with E-state index in [1.807, 2.05) is 36.1 Å². The largest absolute Gasteiger partial charge is 0.370 e. The van der Waals surface area contributed by atoms with Gasteiger partial charge in [-0.2, -0.15) is 15.0 Å². The molecule has 0 bridgehead atoms. The molecule has 2 aliphatic heterocycles. The fraction of sp³-hybridized carbons (Fsp3) is 0.500. The van der Waals surface area contributed by atoms with Crippen molar-refractivity contribution in [2.45, 2.75) is 32.4 Å². The number of anilines is 3. The molecular weight excluding hydrogens is 370 g/mol. The number of nitrogens with one attached hydrogen (secondary N) is 1. The summed E-state index contributed by atoms with van der Waals surface area (Å²) < 4.78 is 6.09. The van der Waals surface area contributed by atoms with Crippen LogP contribution in [0.15, 0.2) is 24.3 Å². The van der Waals surface area contributed by atoms with Crippen LogP contribution in [-0.4, -0.2) is 69.0 Å². The van der Waals surface area contributed by atoms with Crippen LogP contribution in [0.5, 0.6) is 0 Å². The molecule has 2 aromatic rings. The minimum atomic E-state index is -0.300. The van der Waals surface area contributed by atoms with E-state index in [0.29, 0.717) is 38.0 Å². The minimum Gasteiger partial charge on any atom is -0.370 e. The van der Waals surface area contributed by atoms with Crippen molar-refractivity contribution in [1.82, 2.24) is 24.8 Å². The number of amides is 1. The number of hydrogen-bond donors (Lipinski definition) is 2. The van der Waals surface area contributed by atoms with E-state index >= 15 is 0 Å². The summed E-state index contributed by atoms with van der Waals surface area (Å²) in [5.41, 5.74) is 7.66. The van der Waals surface area contributed by atoms with Gasteiger partial charge in [-0.1, -0.05) is 12.1 Å². The maximum Gasteiger partial charge on any atom is 0.232 e. The lowest BCUT2D eigenvalue weighted by atomic mass is 10.0. The van der Waals surface area contributed by atoms with E-state index in [2.05, 4.69) is 25.2 Å². The van der Waals surface area contributed by atoms with Gasteiger partial charge in [0.2, 0.25) is 17.8 Å². The standard InChI is InChI=1S/C20H27N7O2/c1-14-4-3-5-16(10-14)22-19-24-17(23-18(21)25-19)11-26-7-6-20(12-26)13-27(15(2)28)8-9-29-20/h3-5,10H,6-9,11-13H2,1-2H3,(H3,21,22,23,24,25). The second-order valence-corrected chi connectivity index (χ2v) is 7.86. The SMILES string of the molecule is CC(=O)N1CCOC2(CCN(Cc3nc(N)nc(Nc4cccc(C)c4)n3)C2)C1. The van der Waals surface area contributed by atoms with Gasteiger partial charge in [-0.25, -0.2) is 0 Å². The van der Waals surface area contributed by atoms with Crippen molar-refractivity contribution in [2.24, 2.45) is 0 Å². The fourth-order valence-electron chi connectivity index (χ4n) is 4.04. The summed E-state index contributed by atoms with van der Waals surface area (Å²) in [6.07, 6.45) is 0.881. The van der Waals surface area contributed by atoms with E-state index in [1.165, 1.54) is 0 Å². The molecule has 9 heteroatoms. The van der Waals surface area contributed by atoms with E-state index in [4.69, 9.17) is 10.5 Å². The molecule has 2 fully saturated rings. The predicted molar refractivity (Wildman–Crippen MR) is 110 cm³/mol. The molecule has 0 aliphatic carbocycles. The van der Waals surface area contributed by atoms with Gasteiger partial charge in [0.15, 0.2) is 0 Å². The van der Waals surface area contributed by atoms with Crippen LogP contribution in [0.1, 0.15) is 24.7 Å². The van der Waals surface area contributed by atoms with Crippen molar-refractivity contribution in [3.63, 3.8) is 0 Å². The van der Waals surface area contributed by atoms with E-state index in [1.54, 1.807) is 6.92 Å². The number of morpholine rings is 1. The minimum absolute atomic E-state index is 0.100. The Morgan fingerprint density at radius 1 is 1.28 bits per heavy atom. The van der Waals surface area contributed by atoms with Crippen molar-refractivity contribution >= 4 is 23.5 Å². The van der Waals surface area contributed by atoms with Gasteiger partial charge in [-0.15, -0.1) is 0 Å². The van der Waals surface area contributed by atoms with E-state index in [0.717, 1.165) is 30.8 Å². The lowest BCUT2D eigenvalue weighted by Gasteiger charge is -2.40. The first kappa shape index (κ1) is 19.5. The van der Waals surface area contributed by atoms with Crippen molar-refractivity contribution in [1.29, 1.82) is 0 Å². The summed E-state index contributed by atoms with van der Waals surface area (Å²) in [6, 6.07) is 7.98. The number of benzene rings is 1. The average Bonchev–Trinajstić information content (AvgIpc) is 3.02. The van der Waals surface area contributed by atoms with Crippen LogP contribution in [0, 0.1) is 6.92 Å². The van der Waals surface area contributed by atoms with Crippen LogP contribution >= 0.6 is 0 Å². The van der Waals surface area contributed by atoms with Gasteiger partial charge in [-0.05, 0) is 31.0 Å². The lowest BCUT2D eigenvalue weighted by Crippen LogP contribution is -2.54.